The number of pyridine rings is 3. The highest BCUT2D eigenvalue weighted by atomic mass is 19.2. The molecule has 3 saturated heterocycles. The van der Waals surface area contributed by atoms with E-state index in [1.165, 1.54) is 23.1 Å². The maximum Gasteiger partial charge on any atom is 0.410 e. The van der Waals surface area contributed by atoms with Crippen LogP contribution in [0.25, 0.3) is 83.0 Å². The number of carbonyl (C=O) groups excluding carboxylic acids is 1. The molecule has 102 heavy (non-hydrogen) atoms. The number of ether oxygens (including phenoxy) is 1. The molecule has 0 atom stereocenters. The number of aryl methyl sites for hydroxylation is 3. The van der Waals surface area contributed by atoms with Crippen molar-refractivity contribution in [1.82, 2.24) is 73.2 Å². The molecule has 0 bridgehead atoms. The van der Waals surface area contributed by atoms with Gasteiger partial charge in [0.05, 0.1) is 33.2 Å². The fourth-order valence-corrected chi connectivity index (χ4v) is 12.7. The first-order chi connectivity index (χ1) is 48.5. The van der Waals surface area contributed by atoms with Crippen LogP contribution in [0.4, 0.5) is 31.1 Å². The van der Waals surface area contributed by atoms with Crippen LogP contribution in [0.1, 0.15) is 101 Å². The second kappa shape index (κ2) is 29.2. The highest BCUT2D eigenvalue weighted by Gasteiger charge is 2.42. The number of nitrogens with zero attached hydrogens (tertiary/aromatic N) is 11. The van der Waals surface area contributed by atoms with Gasteiger partial charge in [0.1, 0.15) is 74.0 Å². The molecule has 0 unspecified atom stereocenters. The van der Waals surface area contributed by atoms with E-state index in [2.05, 4.69) is 55.1 Å². The van der Waals surface area contributed by atoms with Crippen LogP contribution in [-0.4, -0.2) is 149 Å². The maximum absolute atomic E-state index is 15.9. The third kappa shape index (κ3) is 15.4. The first-order valence-electron chi connectivity index (χ1n) is 32.8. The number of carboxylic acid groups (broad SMARTS) is 2. The Bertz CT molecular complexity index is 5350. The molecular formula is C72H73F6N15O9. The number of aromatic amines is 3. The largest absolute Gasteiger partial charge is 0.483 e. The lowest BCUT2D eigenvalue weighted by Gasteiger charge is -2.36. The number of piperidine rings is 3. The molecule has 30 heteroatoms. The molecule has 532 valence electrons. The topological polar surface area (TPSA) is 309 Å². The average Bonchev–Trinajstić information content (AvgIpc) is 1.04. The van der Waals surface area contributed by atoms with Gasteiger partial charge in [-0.25, -0.2) is 61.0 Å². The lowest BCUT2D eigenvalue weighted by molar-refractivity contribution is -0.123. The van der Waals surface area contributed by atoms with E-state index < -0.39 is 62.8 Å². The van der Waals surface area contributed by atoms with E-state index >= 15 is 22.0 Å². The number of amides is 1. The number of fused-ring (bicyclic) bond motifs is 6. The van der Waals surface area contributed by atoms with Gasteiger partial charge in [0.25, 0.3) is 29.6 Å². The summed E-state index contributed by atoms with van der Waals surface area (Å²) in [7, 11) is 0. The molecule has 0 spiro atoms. The predicted molar refractivity (Wildman–Crippen MR) is 370 cm³/mol. The van der Waals surface area contributed by atoms with Crippen LogP contribution in [0.15, 0.2) is 124 Å². The molecule has 6 N–H and O–H groups in total. The zero-order chi connectivity index (χ0) is 73.2. The van der Waals surface area contributed by atoms with Gasteiger partial charge in [-0.3, -0.25) is 24.0 Å². The van der Waals surface area contributed by atoms with Crippen molar-refractivity contribution in [3.05, 3.63) is 193 Å². The van der Waals surface area contributed by atoms with Crippen LogP contribution < -0.4 is 22.0 Å². The van der Waals surface area contributed by atoms with Crippen molar-refractivity contribution < 1.29 is 55.7 Å². The number of benzene rings is 3. The predicted octanol–water partition coefficient (Wildman–Crippen LogP) is 11.5. The third-order valence-corrected chi connectivity index (χ3v) is 18.0. The van der Waals surface area contributed by atoms with Crippen LogP contribution in [0.3, 0.4) is 0 Å². The number of alkyl halides is 3. The molecule has 15 rings (SSSR count). The highest BCUT2D eigenvalue weighted by molar-refractivity contribution is 5.87. The summed E-state index contributed by atoms with van der Waals surface area (Å²) in [5.74, 6) is -2.42. The van der Waals surface area contributed by atoms with E-state index in [0.29, 0.717) is 48.4 Å². The van der Waals surface area contributed by atoms with Gasteiger partial charge in [-0.05, 0) is 167 Å². The molecule has 3 aromatic carbocycles. The van der Waals surface area contributed by atoms with E-state index in [0.717, 1.165) is 51.7 Å². The average molecular weight is 1410 g/mol. The van der Waals surface area contributed by atoms with Gasteiger partial charge in [0.15, 0.2) is 17.0 Å². The first-order valence-corrected chi connectivity index (χ1v) is 32.8. The van der Waals surface area contributed by atoms with Crippen LogP contribution in [0, 0.1) is 38.2 Å². The quantitative estimate of drug-likeness (QED) is 0.0638. The Kier molecular flexibility index (Phi) is 20.7. The number of carbonyl (C=O) groups is 3. The van der Waals surface area contributed by atoms with E-state index in [1.54, 1.807) is 51.2 Å². The lowest BCUT2D eigenvalue weighted by atomic mass is 9.92. The van der Waals surface area contributed by atoms with E-state index in [-0.39, 0.29) is 115 Å². The smallest absolute Gasteiger partial charge is 0.410 e. The van der Waals surface area contributed by atoms with Gasteiger partial charge >= 0.3 is 6.09 Å². The van der Waals surface area contributed by atoms with Crippen molar-refractivity contribution in [2.45, 2.75) is 110 Å². The Morgan fingerprint density at radius 3 is 1.13 bits per heavy atom. The van der Waals surface area contributed by atoms with Crippen molar-refractivity contribution in [3.8, 4) is 33.4 Å². The molecule has 3 aliphatic rings. The summed E-state index contributed by atoms with van der Waals surface area (Å²) in [6.45, 7) is 15.6. The molecule has 3 fully saturated rings. The lowest BCUT2D eigenvalue weighted by Crippen LogP contribution is -2.46. The van der Waals surface area contributed by atoms with Gasteiger partial charge in [-0.1, -0.05) is 6.92 Å². The van der Waals surface area contributed by atoms with Crippen LogP contribution in [0.5, 0.6) is 0 Å². The Hall–Kier alpha value is -11.1. The molecule has 24 nitrogen and oxygen atoms in total. The summed E-state index contributed by atoms with van der Waals surface area (Å²) < 4.78 is 103. The molecule has 12 aromatic rings. The first kappa shape index (κ1) is 72.1. The highest BCUT2D eigenvalue weighted by Crippen LogP contribution is 2.39. The van der Waals surface area contributed by atoms with Crippen LogP contribution in [0.2, 0.25) is 0 Å². The Balaban J connectivity index is 0.000000149. The monoisotopic (exact) mass is 1410 g/mol. The number of aromatic nitrogens is 12. The second-order valence-electron chi connectivity index (χ2n) is 26.3. The van der Waals surface area contributed by atoms with Gasteiger partial charge in [-0.2, -0.15) is 0 Å². The van der Waals surface area contributed by atoms with Crippen molar-refractivity contribution >= 4 is 68.7 Å². The number of imidazole rings is 3. The summed E-state index contributed by atoms with van der Waals surface area (Å²) in [5.41, 5.74) is 0.410. The minimum atomic E-state index is -2.00. The Labute approximate surface area is 577 Å². The summed E-state index contributed by atoms with van der Waals surface area (Å²) in [6.07, 6.45) is 11.2. The number of H-pyrrole nitrogens is 3. The van der Waals surface area contributed by atoms with Crippen LogP contribution >= 0.6 is 0 Å². The molecule has 1 amide bonds. The zero-order valence-corrected chi connectivity index (χ0v) is 56.7. The SMILES string of the molecule is CCN1CCC(F)(c2nc3c(F)cc(-c4ccc5nc(C)cn5c4)cc3c(=O)[nH]2)CC1.Cc1cn2cc(-c3cc(F)c4nc(C5(F)CCN(C(=O)OC(C)(C)C)CC5)[nH]c(=O)c4c3)ccc2n1.Cc1cn2cc(-c3cc(F)c4nc(C5(F)CCNCC5)[nH]c(=O)c4c3)ccc2n1.O=CO.O=CO. The summed E-state index contributed by atoms with van der Waals surface area (Å²) in [6, 6.07) is 19.6. The van der Waals surface area contributed by atoms with E-state index in [4.69, 9.17) is 24.5 Å². The molecule has 12 heterocycles. The number of hydrogen-bond acceptors (Lipinski definition) is 15. The van der Waals surface area contributed by atoms with Crippen molar-refractivity contribution in [2.75, 3.05) is 45.8 Å². The van der Waals surface area contributed by atoms with E-state index in [1.807, 2.05) is 102 Å². The number of nitrogens with one attached hydrogen (secondary N) is 4. The minimum absolute atomic E-state index is 0.0328. The second-order valence-corrected chi connectivity index (χ2v) is 26.3. The maximum atomic E-state index is 15.9. The summed E-state index contributed by atoms with van der Waals surface area (Å²) >= 11 is 0. The van der Waals surface area contributed by atoms with E-state index in [9.17, 15) is 23.6 Å². The van der Waals surface area contributed by atoms with Crippen molar-refractivity contribution in [2.24, 2.45) is 0 Å². The van der Waals surface area contributed by atoms with Gasteiger partial charge in [0, 0.05) is 102 Å². The fourth-order valence-electron chi connectivity index (χ4n) is 12.7. The summed E-state index contributed by atoms with van der Waals surface area (Å²) in [5, 5.41) is 17.1. The molecular weight excluding hydrogens is 1330 g/mol. The van der Waals surface area contributed by atoms with Gasteiger partial charge in [-0.15, -0.1) is 0 Å². The number of rotatable bonds is 7. The Morgan fingerprint density at radius 2 is 0.814 bits per heavy atom. The number of halogens is 6. The normalized spacial score (nSPS) is 15.7. The molecule has 0 saturated carbocycles. The summed E-state index contributed by atoms with van der Waals surface area (Å²) in [4.78, 5) is 104. The third-order valence-electron chi connectivity index (χ3n) is 18.0. The fraction of sp³-hybridized carbons (Fsp3) is 0.333. The number of likely N-dealkylation sites (tertiary alicyclic amines) is 2. The van der Waals surface area contributed by atoms with Gasteiger partial charge in [0.2, 0.25) is 0 Å². The van der Waals surface area contributed by atoms with Crippen molar-refractivity contribution in [3.63, 3.8) is 0 Å². The van der Waals surface area contributed by atoms with Gasteiger partial charge < -0.3 is 58.2 Å². The molecule has 0 aliphatic carbocycles. The molecule has 3 aliphatic heterocycles. The Morgan fingerprint density at radius 1 is 0.500 bits per heavy atom. The minimum Gasteiger partial charge on any atom is -0.483 e. The van der Waals surface area contributed by atoms with Crippen LogP contribution in [-0.2, 0) is 31.3 Å². The standard InChI is InChI=1S/C26H27F2N5O3.C23H23F2N5O.C21H19F2N5O.2CH2O2/c1-15-13-33-14-16(5-6-20(33)29-15)17-11-18-21(19(27)12-17)30-23(31-22(18)34)26(28)7-9-32(10-8-26)24(35)36-25(2,3)4;1-3-29-8-6-23(25,7-9-29)22-27-20-17(21(31)28-22)10-16(11-18(20)24)15-4-5-19-26-14(2)12-30(19)13-15;1-12-10-28-11-13(2-3-17(28)25-12)14-8-15-18(16(22)9-14)26-20(27-19(15)29)21(23)4-6-24-7-5-21;2*2-1-3/h5-6,11-14H,7-10H2,1-4H3,(H,30,31,34);4-5,10-13H,3,6-9H2,1-2H3,(H,27,28,31);2-3,8-11,24H,4-7H2,1H3,(H,26,27,29);2*1H,(H,2,3). The molecule has 9 aromatic heterocycles. The zero-order valence-electron chi connectivity index (χ0n) is 56.7. The van der Waals surface area contributed by atoms with Crippen molar-refractivity contribution in [1.29, 1.82) is 0 Å². The molecule has 0 radical (unpaired) electrons. The number of hydrogen-bond donors (Lipinski definition) is 6.